The standard InChI is InChI=1S/C15H13ClN2O3/c1-9(18-21)10-3-2-4-12(7-10)17-15(20)13-8-11(16)5-6-14(13)19/h2-8,19,21H,1H3,(H,17,20)/b18-9+. The van der Waals surface area contributed by atoms with Crippen molar-refractivity contribution in [2.45, 2.75) is 6.92 Å². The molecule has 0 radical (unpaired) electrons. The van der Waals surface area contributed by atoms with E-state index in [0.29, 0.717) is 22.0 Å². The van der Waals surface area contributed by atoms with Gasteiger partial charge in [-0.15, -0.1) is 0 Å². The summed E-state index contributed by atoms with van der Waals surface area (Å²) in [5.41, 5.74) is 1.70. The summed E-state index contributed by atoms with van der Waals surface area (Å²) in [4.78, 5) is 12.1. The molecule has 0 aliphatic carbocycles. The normalized spacial score (nSPS) is 11.2. The van der Waals surface area contributed by atoms with Crippen molar-refractivity contribution in [3.8, 4) is 5.75 Å². The molecule has 2 aromatic carbocycles. The first-order valence-electron chi connectivity index (χ1n) is 6.10. The van der Waals surface area contributed by atoms with E-state index >= 15 is 0 Å². The number of hydrogen-bond acceptors (Lipinski definition) is 4. The molecule has 1 amide bonds. The highest BCUT2D eigenvalue weighted by molar-refractivity contribution is 6.31. The number of carbonyl (C=O) groups excluding carboxylic acids is 1. The van der Waals surface area contributed by atoms with E-state index in [0.717, 1.165) is 0 Å². The van der Waals surface area contributed by atoms with E-state index < -0.39 is 5.91 Å². The number of halogens is 1. The molecule has 0 unspecified atom stereocenters. The summed E-state index contributed by atoms with van der Waals surface area (Å²) in [7, 11) is 0. The largest absolute Gasteiger partial charge is 0.507 e. The molecular weight excluding hydrogens is 292 g/mol. The van der Waals surface area contributed by atoms with Crippen molar-refractivity contribution in [1.82, 2.24) is 0 Å². The molecule has 0 saturated carbocycles. The maximum Gasteiger partial charge on any atom is 0.259 e. The van der Waals surface area contributed by atoms with Gasteiger partial charge in [0, 0.05) is 16.3 Å². The van der Waals surface area contributed by atoms with Gasteiger partial charge in [-0.25, -0.2) is 0 Å². The smallest absolute Gasteiger partial charge is 0.259 e. The van der Waals surface area contributed by atoms with Gasteiger partial charge in [0.1, 0.15) is 5.75 Å². The third kappa shape index (κ3) is 3.52. The summed E-state index contributed by atoms with van der Waals surface area (Å²) in [6, 6.07) is 11.1. The molecule has 0 fully saturated rings. The Morgan fingerprint density at radius 2 is 2.00 bits per heavy atom. The summed E-state index contributed by atoms with van der Waals surface area (Å²) >= 11 is 5.81. The number of anilines is 1. The third-order valence-corrected chi connectivity index (χ3v) is 3.13. The number of oxime groups is 1. The number of benzene rings is 2. The fourth-order valence-electron chi connectivity index (χ4n) is 1.77. The molecule has 0 bridgehead atoms. The van der Waals surface area contributed by atoms with Crippen LogP contribution in [0.4, 0.5) is 5.69 Å². The van der Waals surface area contributed by atoms with Gasteiger partial charge in [-0.05, 0) is 37.3 Å². The summed E-state index contributed by atoms with van der Waals surface area (Å²) in [5, 5.41) is 24.6. The minimum atomic E-state index is -0.481. The van der Waals surface area contributed by atoms with Crippen LogP contribution in [0.25, 0.3) is 0 Å². The average molecular weight is 305 g/mol. The van der Waals surface area contributed by atoms with E-state index in [9.17, 15) is 9.90 Å². The van der Waals surface area contributed by atoms with E-state index in [1.54, 1.807) is 31.2 Å². The molecule has 21 heavy (non-hydrogen) atoms. The van der Waals surface area contributed by atoms with E-state index in [1.165, 1.54) is 18.2 Å². The fourth-order valence-corrected chi connectivity index (χ4v) is 1.94. The Labute approximate surface area is 126 Å². The number of amides is 1. The van der Waals surface area contributed by atoms with Crippen molar-refractivity contribution in [1.29, 1.82) is 0 Å². The molecule has 108 valence electrons. The van der Waals surface area contributed by atoms with Crippen LogP contribution >= 0.6 is 11.6 Å². The van der Waals surface area contributed by atoms with Crippen molar-refractivity contribution in [2.75, 3.05) is 5.32 Å². The first-order valence-corrected chi connectivity index (χ1v) is 6.48. The molecule has 3 N–H and O–H groups in total. The Bertz CT molecular complexity index is 714. The topological polar surface area (TPSA) is 81.9 Å². The Kier molecular flexibility index (Phi) is 4.45. The average Bonchev–Trinajstić information content (AvgIpc) is 2.49. The lowest BCUT2D eigenvalue weighted by Crippen LogP contribution is -2.12. The minimum Gasteiger partial charge on any atom is -0.507 e. The SMILES string of the molecule is C/C(=N\O)c1cccc(NC(=O)c2cc(Cl)ccc2O)c1. The summed E-state index contributed by atoms with van der Waals surface area (Å²) < 4.78 is 0. The lowest BCUT2D eigenvalue weighted by atomic mass is 10.1. The number of nitrogens with one attached hydrogen (secondary N) is 1. The Morgan fingerprint density at radius 1 is 1.24 bits per heavy atom. The summed E-state index contributed by atoms with van der Waals surface area (Å²) in [6.07, 6.45) is 0. The van der Waals surface area contributed by atoms with Gasteiger partial charge in [0.05, 0.1) is 11.3 Å². The van der Waals surface area contributed by atoms with Gasteiger partial charge in [-0.1, -0.05) is 28.9 Å². The molecule has 6 heteroatoms. The molecule has 0 aliphatic rings. The van der Waals surface area contributed by atoms with Gasteiger partial charge >= 0.3 is 0 Å². The molecule has 2 rings (SSSR count). The minimum absolute atomic E-state index is 0.0838. The maximum absolute atomic E-state index is 12.1. The number of hydrogen-bond donors (Lipinski definition) is 3. The zero-order chi connectivity index (χ0) is 15.4. The molecule has 0 spiro atoms. The molecule has 2 aromatic rings. The predicted molar refractivity (Wildman–Crippen MR) is 81.5 cm³/mol. The number of rotatable bonds is 3. The van der Waals surface area contributed by atoms with Crippen molar-refractivity contribution < 1.29 is 15.1 Å². The van der Waals surface area contributed by atoms with Gasteiger partial charge < -0.3 is 15.6 Å². The second-order valence-corrected chi connectivity index (χ2v) is 4.82. The van der Waals surface area contributed by atoms with Crippen LogP contribution in [0.15, 0.2) is 47.6 Å². The van der Waals surface area contributed by atoms with Gasteiger partial charge in [-0.2, -0.15) is 0 Å². The molecule has 0 saturated heterocycles. The van der Waals surface area contributed by atoms with E-state index in [2.05, 4.69) is 10.5 Å². The van der Waals surface area contributed by atoms with Crippen LogP contribution in [0, 0.1) is 0 Å². The second kappa shape index (κ2) is 6.28. The zero-order valence-electron chi connectivity index (χ0n) is 11.2. The number of phenols is 1. The summed E-state index contributed by atoms with van der Waals surface area (Å²) in [5.74, 6) is -0.633. The van der Waals surface area contributed by atoms with E-state index in [1.807, 2.05) is 0 Å². The first-order chi connectivity index (χ1) is 10.0. The molecule has 5 nitrogen and oxygen atoms in total. The highest BCUT2D eigenvalue weighted by atomic mass is 35.5. The van der Waals surface area contributed by atoms with Gasteiger partial charge in [0.15, 0.2) is 0 Å². The van der Waals surface area contributed by atoms with Crippen LogP contribution < -0.4 is 5.32 Å². The zero-order valence-corrected chi connectivity index (χ0v) is 11.9. The first kappa shape index (κ1) is 14.9. The van der Waals surface area contributed by atoms with Crippen molar-refractivity contribution in [3.63, 3.8) is 0 Å². The Morgan fingerprint density at radius 3 is 2.71 bits per heavy atom. The van der Waals surface area contributed by atoms with Crippen molar-refractivity contribution in [3.05, 3.63) is 58.6 Å². The quantitative estimate of drug-likeness (QED) is 0.461. The molecule has 0 aliphatic heterocycles. The highest BCUT2D eigenvalue weighted by Gasteiger charge is 2.12. The number of nitrogens with zero attached hydrogens (tertiary/aromatic N) is 1. The second-order valence-electron chi connectivity index (χ2n) is 4.38. The predicted octanol–water partition coefficient (Wildman–Crippen LogP) is 3.50. The molecular formula is C15H13ClN2O3. The van der Waals surface area contributed by atoms with Crippen LogP contribution in [-0.4, -0.2) is 21.9 Å². The molecule has 0 atom stereocenters. The van der Waals surface area contributed by atoms with Crippen LogP contribution in [-0.2, 0) is 0 Å². The number of carbonyl (C=O) groups is 1. The highest BCUT2D eigenvalue weighted by Crippen LogP contribution is 2.23. The number of aromatic hydroxyl groups is 1. The van der Waals surface area contributed by atoms with Crippen LogP contribution in [0.2, 0.25) is 5.02 Å². The summed E-state index contributed by atoms with van der Waals surface area (Å²) in [6.45, 7) is 1.64. The number of phenolic OH excluding ortho intramolecular Hbond substituents is 1. The van der Waals surface area contributed by atoms with Gasteiger partial charge in [-0.3, -0.25) is 4.79 Å². The lowest BCUT2D eigenvalue weighted by Gasteiger charge is -2.08. The molecule has 0 aromatic heterocycles. The van der Waals surface area contributed by atoms with Crippen molar-refractivity contribution >= 4 is 28.9 Å². The van der Waals surface area contributed by atoms with Crippen molar-refractivity contribution in [2.24, 2.45) is 5.16 Å². The Hall–Kier alpha value is -2.53. The maximum atomic E-state index is 12.1. The van der Waals surface area contributed by atoms with Gasteiger partial charge in [0.2, 0.25) is 0 Å². The Balaban J connectivity index is 2.26. The third-order valence-electron chi connectivity index (χ3n) is 2.89. The van der Waals surface area contributed by atoms with E-state index in [-0.39, 0.29) is 11.3 Å². The van der Waals surface area contributed by atoms with Gasteiger partial charge in [0.25, 0.3) is 5.91 Å². The lowest BCUT2D eigenvalue weighted by molar-refractivity contribution is 0.102. The van der Waals surface area contributed by atoms with E-state index in [4.69, 9.17) is 16.8 Å². The molecule has 0 heterocycles. The van der Waals surface area contributed by atoms with Crippen LogP contribution in [0.3, 0.4) is 0 Å². The van der Waals surface area contributed by atoms with Crippen LogP contribution in [0.1, 0.15) is 22.8 Å². The monoisotopic (exact) mass is 304 g/mol. The van der Waals surface area contributed by atoms with Crippen LogP contribution in [0.5, 0.6) is 5.75 Å². The fraction of sp³-hybridized carbons (Fsp3) is 0.0667.